The highest BCUT2D eigenvalue weighted by molar-refractivity contribution is 5.21. The van der Waals surface area contributed by atoms with Crippen LogP contribution in [0.1, 0.15) is 51.5 Å². The number of nitrogens with one attached hydrogen (secondary N) is 1. The average molecular weight is 245 g/mol. The quantitative estimate of drug-likeness (QED) is 0.819. The van der Waals surface area contributed by atoms with Gasteiger partial charge in [-0.25, -0.2) is 0 Å². The Morgan fingerprint density at radius 2 is 1.94 bits per heavy atom. The summed E-state index contributed by atoms with van der Waals surface area (Å²) in [5.41, 5.74) is 1.48. The molecule has 1 aliphatic rings. The molecule has 100 valence electrons. The molecule has 0 aromatic heterocycles. The number of benzene rings is 1. The maximum Gasteiger partial charge on any atom is 0.0161 e. The predicted octanol–water partition coefficient (Wildman–Crippen LogP) is 4.20. The summed E-state index contributed by atoms with van der Waals surface area (Å²) in [5, 5.41) is 3.74. The van der Waals surface area contributed by atoms with Crippen LogP contribution >= 0.6 is 0 Å². The van der Waals surface area contributed by atoms with Gasteiger partial charge in [0, 0.05) is 6.04 Å². The molecule has 0 heterocycles. The summed E-state index contributed by atoms with van der Waals surface area (Å²) in [6, 6.07) is 11.6. The van der Waals surface area contributed by atoms with E-state index in [1.54, 1.807) is 0 Å². The summed E-state index contributed by atoms with van der Waals surface area (Å²) in [4.78, 5) is 0. The molecule has 0 spiro atoms. The molecular formula is C17H27N. The second kappa shape index (κ2) is 6.38. The Balaban J connectivity index is 2.09. The van der Waals surface area contributed by atoms with E-state index in [4.69, 9.17) is 0 Å². The first-order valence-corrected chi connectivity index (χ1v) is 7.50. The van der Waals surface area contributed by atoms with Crippen molar-refractivity contribution in [2.75, 3.05) is 6.54 Å². The van der Waals surface area contributed by atoms with E-state index < -0.39 is 0 Å². The third-order valence-corrected chi connectivity index (χ3v) is 4.55. The minimum absolute atomic E-state index is 0.612. The van der Waals surface area contributed by atoms with Gasteiger partial charge in [-0.15, -0.1) is 0 Å². The Bertz CT molecular complexity index is 346. The molecule has 0 amide bonds. The fourth-order valence-corrected chi connectivity index (χ4v) is 3.53. The van der Waals surface area contributed by atoms with Gasteiger partial charge in [0.15, 0.2) is 0 Å². The molecule has 1 aromatic carbocycles. The van der Waals surface area contributed by atoms with Gasteiger partial charge in [0.25, 0.3) is 0 Å². The highest BCUT2D eigenvalue weighted by Gasteiger charge is 2.31. The monoisotopic (exact) mass is 245 g/mol. The van der Waals surface area contributed by atoms with Gasteiger partial charge in [-0.05, 0) is 42.7 Å². The van der Waals surface area contributed by atoms with Crippen LogP contribution in [-0.4, -0.2) is 12.6 Å². The molecular weight excluding hydrogens is 218 g/mol. The van der Waals surface area contributed by atoms with Crippen molar-refractivity contribution < 1.29 is 0 Å². The molecule has 1 aromatic rings. The molecule has 18 heavy (non-hydrogen) atoms. The van der Waals surface area contributed by atoms with Crippen molar-refractivity contribution in [3.63, 3.8) is 0 Å². The van der Waals surface area contributed by atoms with Crippen LogP contribution in [0.4, 0.5) is 0 Å². The molecule has 2 rings (SSSR count). The minimum atomic E-state index is 0.612. The van der Waals surface area contributed by atoms with Gasteiger partial charge in [0.1, 0.15) is 0 Å². The van der Waals surface area contributed by atoms with E-state index >= 15 is 0 Å². The third kappa shape index (κ3) is 3.14. The van der Waals surface area contributed by atoms with Crippen LogP contribution < -0.4 is 5.32 Å². The summed E-state index contributed by atoms with van der Waals surface area (Å²) in [7, 11) is 0. The van der Waals surface area contributed by atoms with Gasteiger partial charge >= 0.3 is 0 Å². The van der Waals surface area contributed by atoms with Gasteiger partial charge in [0.05, 0.1) is 0 Å². The van der Waals surface area contributed by atoms with Crippen LogP contribution in [0.25, 0.3) is 0 Å². The Labute approximate surface area is 112 Å². The fourth-order valence-electron chi connectivity index (χ4n) is 3.53. The van der Waals surface area contributed by atoms with Crippen LogP contribution in [0.15, 0.2) is 30.3 Å². The highest BCUT2D eigenvalue weighted by Crippen LogP contribution is 2.37. The number of hydrogen-bond donors (Lipinski definition) is 1. The van der Waals surface area contributed by atoms with Gasteiger partial charge in [-0.2, -0.15) is 0 Å². The van der Waals surface area contributed by atoms with Crippen LogP contribution in [-0.2, 0) is 0 Å². The lowest BCUT2D eigenvalue weighted by molar-refractivity contribution is 0.318. The van der Waals surface area contributed by atoms with Gasteiger partial charge < -0.3 is 5.32 Å². The summed E-state index contributed by atoms with van der Waals surface area (Å²) in [6.45, 7) is 8.08. The number of rotatable bonds is 5. The molecule has 4 unspecified atom stereocenters. The average Bonchev–Trinajstić information content (AvgIpc) is 2.82. The lowest BCUT2D eigenvalue weighted by Gasteiger charge is -2.30. The van der Waals surface area contributed by atoms with Crippen molar-refractivity contribution in [2.45, 2.75) is 52.0 Å². The Kier molecular flexibility index (Phi) is 4.82. The van der Waals surface area contributed by atoms with E-state index in [1.807, 2.05) is 0 Å². The highest BCUT2D eigenvalue weighted by atomic mass is 14.9. The lowest BCUT2D eigenvalue weighted by Crippen LogP contribution is -2.39. The summed E-state index contributed by atoms with van der Waals surface area (Å²) < 4.78 is 0. The Morgan fingerprint density at radius 1 is 1.22 bits per heavy atom. The van der Waals surface area contributed by atoms with Gasteiger partial charge in [-0.1, -0.05) is 57.5 Å². The predicted molar refractivity (Wildman–Crippen MR) is 78.8 cm³/mol. The maximum absolute atomic E-state index is 3.74. The molecule has 0 bridgehead atoms. The molecule has 1 heteroatoms. The minimum Gasteiger partial charge on any atom is -0.313 e. The van der Waals surface area contributed by atoms with Gasteiger partial charge in [-0.3, -0.25) is 0 Å². The topological polar surface area (TPSA) is 12.0 Å². The molecule has 1 fully saturated rings. The van der Waals surface area contributed by atoms with E-state index in [1.165, 1.54) is 24.8 Å². The lowest BCUT2D eigenvalue weighted by atomic mass is 9.83. The Morgan fingerprint density at radius 3 is 2.50 bits per heavy atom. The molecule has 4 atom stereocenters. The molecule has 1 nitrogen and oxygen atoms in total. The van der Waals surface area contributed by atoms with E-state index in [9.17, 15) is 0 Å². The van der Waals surface area contributed by atoms with E-state index in [0.717, 1.165) is 18.4 Å². The maximum atomic E-state index is 3.74. The molecule has 1 saturated carbocycles. The molecule has 0 saturated heterocycles. The molecule has 1 N–H and O–H groups in total. The Hall–Kier alpha value is -0.820. The van der Waals surface area contributed by atoms with Crippen LogP contribution in [0.5, 0.6) is 0 Å². The van der Waals surface area contributed by atoms with Crippen molar-refractivity contribution in [1.29, 1.82) is 0 Å². The first kappa shape index (κ1) is 13.6. The molecule has 0 aliphatic heterocycles. The summed E-state index contributed by atoms with van der Waals surface area (Å²) in [6.07, 6.45) is 4.21. The van der Waals surface area contributed by atoms with Crippen molar-refractivity contribution in [1.82, 2.24) is 5.32 Å². The van der Waals surface area contributed by atoms with Crippen LogP contribution in [0, 0.1) is 11.8 Å². The largest absolute Gasteiger partial charge is 0.313 e. The zero-order valence-electron chi connectivity index (χ0n) is 12.0. The zero-order chi connectivity index (χ0) is 13.0. The standard InChI is InChI=1S/C17H27N/c1-4-18-17(16-11-10-13(2)12-16)14(3)15-8-6-5-7-9-15/h5-9,13-14,16-18H,4,10-12H2,1-3H3. The molecule has 1 aliphatic carbocycles. The summed E-state index contributed by atoms with van der Waals surface area (Å²) >= 11 is 0. The summed E-state index contributed by atoms with van der Waals surface area (Å²) in [5.74, 6) is 2.38. The van der Waals surface area contributed by atoms with E-state index in [2.05, 4.69) is 56.4 Å². The SMILES string of the molecule is CCNC(C1CCC(C)C1)C(C)c1ccccc1. The fraction of sp³-hybridized carbons (Fsp3) is 0.647. The second-order valence-corrected chi connectivity index (χ2v) is 5.96. The van der Waals surface area contributed by atoms with Crippen LogP contribution in [0.3, 0.4) is 0 Å². The molecule has 0 radical (unpaired) electrons. The van der Waals surface area contributed by atoms with Crippen LogP contribution in [0.2, 0.25) is 0 Å². The van der Waals surface area contributed by atoms with E-state index in [0.29, 0.717) is 12.0 Å². The number of likely N-dealkylation sites (N-methyl/N-ethyl adjacent to an activating group) is 1. The van der Waals surface area contributed by atoms with Crippen molar-refractivity contribution in [3.8, 4) is 0 Å². The van der Waals surface area contributed by atoms with Crippen molar-refractivity contribution in [3.05, 3.63) is 35.9 Å². The van der Waals surface area contributed by atoms with Crippen molar-refractivity contribution >= 4 is 0 Å². The van der Waals surface area contributed by atoms with Gasteiger partial charge in [0.2, 0.25) is 0 Å². The first-order valence-electron chi connectivity index (χ1n) is 7.50. The first-order chi connectivity index (χ1) is 8.72. The van der Waals surface area contributed by atoms with E-state index in [-0.39, 0.29) is 0 Å². The smallest absolute Gasteiger partial charge is 0.0161 e. The second-order valence-electron chi connectivity index (χ2n) is 5.96. The zero-order valence-corrected chi connectivity index (χ0v) is 12.0. The number of hydrogen-bond acceptors (Lipinski definition) is 1. The normalized spacial score (nSPS) is 27.1. The third-order valence-electron chi connectivity index (χ3n) is 4.55. The van der Waals surface area contributed by atoms with Crippen molar-refractivity contribution in [2.24, 2.45) is 11.8 Å².